The van der Waals surface area contributed by atoms with Crippen LogP contribution in [0.2, 0.25) is 0 Å². The predicted octanol–water partition coefficient (Wildman–Crippen LogP) is 5.43. The maximum atomic E-state index is 13.2. The summed E-state index contributed by atoms with van der Waals surface area (Å²) >= 11 is 4.65. The molecule has 0 N–H and O–H groups in total. The molecule has 0 fully saturated rings. The van der Waals surface area contributed by atoms with Gasteiger partial charge in [-0.1, -0.05) is 69.7 Å². The molecule has 0 atom stereocenters. The van der Waals surface area contributed by atoms with E-state index in [-0.39, 0.29) is 17.1 Å². The first-order valence-electron chi connectivity index (χ1n) is 9.03. The van der Waals surface area contributed by atoms with Crippen LogP contribution in [-0.2, 0) is 0 Å². The van der Waals surface area contributed by atoms with E-state index in [9.17, 15) is 9.59 Å². The second kappa shape index (κ2) is 8.35. The summed E-state index contributed by atoms with van der Waals surface area (Å²) < 4.78 is 2.51. The van der Waals surface area contributed by atoms with Gasteiger partial charge in [-0.2, -0.15) is 0 Å². The smallest absolute Gasteiger partial charge is 0.266 e. The summed E-state index contributed by atoms with van der Waals surface area (Å²) in [7, 11) is 0. The van der Waals surface area contributed by atoms with E-state index in [1.807, 2.05) is 61.5 Å². The molecule has 29 heavy (non-hydrogen) atoms. The number of carbonyl (C=O) groups is 1. The quantitative estimate of drug-likeness (QED) is 0.224. The molecule has 0 unspecified atom stereocenters. The van der Waals surface area contributed by atoms with Crippen LogP contribution in [-0.4, -0.2) is 21.1 Å². The molecule has 0 aliphatic heterocycles. The lowest BCUT2D eigenvalue weighted by Crippen LogP contribution is -2.22. The van der Waals surface area contributed by atoms with Crippen LogP contribution in [0.4, 0.5) is 0 Å². The van der Waals surface area contributed by atoms with E-state index < -0.39 is 0 Å². The summed E-state index contributed by atoms with van der Waals surface area (Å²) in [5, 5.41) is 1.06. The van der Waals surface area contributed by atoms with Crippen molar-refractivity contribution < 1.29 is 4.79 Å². The fraction of sp³-hybridized carbons (Fsp3) is 0.0870. The first-order chi connectivity index (χ1) is 14.0. The third-order valence-corrected chi connectivity index (χ3v) is 6.00. The standard InChI is InChI=1S/C23H17BrN2O2S/c1-15-6-12-18(13-7-15)26-22(28)19-4-2-3-5-20(19)25-23(26)29-14-21(27)16-8-10-17(24)11-9-16/h2-13H,14H2,1H3. The van der Waals surface area contributed by atoms with Gasteiger partial charge in [0.25, 0.3) is 5.56 Å². The minimum atomic E-state index is -0.141. The number of aromatic nitrogens is 2. The third kappa shape index (κ3) is 4.18. The maximum Gasteiger partial charge on any atom is 0.266 e. The van der Waals surface area contributed by atoms with Crippen molar-refractivity contribution in [3.63, 3.8) is 0 Å². The number of halogens is 1. The zero-order chi connectivity index (χ0) is 20.4. The average Bonchev–Trinajstić information content (AvgIpc) is 2.73. The second-order valence-electron chi connectivity index (χ2n) is 6.61. The Morgan fingerprint density at radius 3 is 2.41 bits per heavy atom. The van der Waals surface area contributed by atoms with Crippen molar-refractivity contribution in [3.8, 4) is 5.69 Å². The Balaban J connectivity index is 1.75. The van der Waals surface area contributed by atoms with Crippen LogP contribution in [0, 0.1) is 6.92 Å². The molecule has 0 saturated carbocycles. The van der Waals surface area contributed by atoms with Gasteiger partial charge in [-0.15, -0.1) is 0 Å². The van der Waals surface area contributed by atoms with E-state index in [1.165, 1.54) is 11.8 Å². The van der Waals surface area contributed by atoms with Gasteiger partial charge in [-0.05, 0) is 43.3 Å². The van der Waals surface area contributed by atoms with Gasteiger partial charge in [0, 0.05) is 10.0 Å². The number of benzene rings is 3. The van der Waals surface area contributed by atoms with Crippen molar-refractivity contribution in [1.82, 2.24) is 9.55 Å². The van der Waals surface area contributed by atoms with Gasteiger partial charge >= 0.3 is 0 Å². The number of carbonyl (C=O) groups excluding carboxylic acids is 1. The van der Waals surface area contributed by atoms with Crippen LogP contribution < -0.4 is 5.56 Å². The molecular formula is C23H17BrN2O2S. The molecule has 0 radical (unpaired) electrons. The van der Waals surface area contributed by atoms with E-state index in [2.05, 4.69) is 20.9 Å². The summed E-state index contributed by atoms with van der Waals surface area (Å²) in [6.45, 7) is 2.00. The lowest BCUT2D eigenvalue weighted by atomic mass is 10.2. The van der Waals surface area contributed by atoms with Crippen molar-refractivity contribution in [2.24, 2.45) is 0 Å². The fourth-order valence-corrected chi connectivity index (χ4v) is 4.15. The van der Waals surface area contributed by atoms with Gasteiger partial charge in [0.15, 0.2) is 10.9 Å². The number of para-hydroxylation sites is 1. The molecule has 6 heteroatoms. The molecule has 4 aromatic rings. The molecule has 4 rings (SSSR count). The highest BCUT2D eigenvalue weighted by atomic mass is 79.9. The molecule has 0 saturated heterocycles. The molecule has 0 bridgehead atoms. The van der Waals surface area contributed by atoms with Crippen molar-refractivity contribution in [1.29, 1.82) is 0 Å². The molecule has 3 aromatic carbocycles. The van der Waals surface area contributed by atoms with Crippen LogP contribution >= 0.6 is 27.7 Å². The van der Waals surface area contributed by atoms with Crippen molar-refractivity contribution in [2.45, 2.75) is 12.1 Å². The predicted molar refractivity (Wildman–Crippen MR) is 121 cm³/mol. The number of ketones is 1. The van der Waals surface area contributed by atoms with Crippen molar-refractivity contribution in [2.75, 3.05) is 5.75 Å². The van der Waals surface area contributed by atoms with E-state index >= 15 is 0 Å². The fourth-order valence-electron chi connectivity index (χ4n) is 2.98. The molecule has 4 nitrogen and oxygen atoms in total. The highest BCUT2D eigenvalue weighted by molar-refractivity contribution is 9.10. The molecule has 0 amide bonds. The van der Waals surface area contributed by atoms with Gasteiger partial charge < -0.3 is 0 Å². The van der Waals surface area contributed by atoms with Gasteiger partial charge in [0.1, 0.15) is 0 Å². The van der Waals surface area contributed by atoms with E-state index in [0.717, 1.165) is 15.7 Å². The van der Waals surface area contributed by atoms with Gasteiger partial charge in [0.2, 0.25) is 0 Å². The number of hydrogen-bond donors (Lipinski definition) is 0. The molecule has 0 aliphatic carbocycles. The number of aryl methyl sites for hydroxylation is 1. The van der Waals surface area contributed by atoms with Crippen LogP contribution in [0.3, 0.4) is 0 Å². The average molecular weight is 465 g/mol. The van der Waals surface area contributed by atoms with Crippen LogP contribution in [0.15, 0.2) is 87.2 Å². The first kappa shape index (κ1) is 19.6. The molecule has 0 spiro atoms. The van der Waals surface area contributed by atoms with Crippen LogP contribution in [0.25, 0.3) is 16.6 Å². The Labute approximate surface area is 180 Å². The molecular weight excluding hydrogens is 448 g/mol. The number of nitrogens with zero attached hydrogens (tertiary/aromatic N) is 2. The lowest BCUT2D eigenvalue weighted by Gasteiger charge is -2.13. The topological polar surface area (TPSA) is 52.0 Å². The number of Topliss-reactive ketones (excluding diaryl/α,β-unsaturated/α-hetero) is 1. The molecule has 0 aliphatic rings. The summed E-state index contributed by atoms with van der Waals surface area (Å²) in [5.74, 6) is 0.179. The highest BCUT2D eigenvalue weighted by Crippen LogP contribution is 2.23. The molecule has 1 aromatic heterocycles. The second-order valence-corrected chi connectivity index (χ2v) is 8.46. The Hall–Kier alpha value is -2.70. The van der Waals surface area contributed by atoms with E-state index in [0.29, 0.717) is 21.6 Å². The zero-order valence-corrected chi connectivity index (χ0v) is 18.0. The Morgan fingerprint density at radius 1 is 1.00 bits per heavy atom. The van der Waals surface area contributed by atoms with Crippen molar-refractivity contribution in [3.05, 3.63) is 98.7 Å². The van der Waals surface area contributed by atoms with Gasteiger partial charge in [-0.25, -0.2) is 4.98 Å². The minimum absolute atomic E-state index is 0.0136. The minimum Gasteiger partial charge on any atom is -0.293 e. The SMILES string of the molecule is Cc1ccc(-n2c(SCC(=O)c3ccc(Br)cc3)nc3ccccc3c2=O)cc1. The summed E-state index contributed by atoms with van der Waals surface area (Å²) in [6, 6.07) is 22.2. The first-order valence-corrected chi connectivity index (χ1v) is 10.8. The Bertz CT molecular complexity index is 1250. The normalized spacial score (nSPS) is 11.0. The largest absolute Gasteiger partial charge is 0.293 e. The van der Waals surface area contributed by atoms with Gasteiger partial charge in [0.05, 0.1) is 22.3 Å². The van der Waals surface area contributed by atoms with Gasteiger partial charge in [-0.3, -0.25) is 14.2 Å². The molecule has 144 valence electrons. The van der Waals surface area contributed by atoms with E-state index in [1.54, 1.807) is 22.8 Å². The van der Waals surface area contributed by atoms with E-state index in [4.69, 9.17) is 0 Å². The number of hydrogen-bond acceptors (Lipinski definition) is 4. The Kier molecular flexibility index (Phi) is 5.65. The van der Waals surface area contributed by atoms with Crippen LogP contribution in [0.1, 0.15) is 15.9 Å². The zero-order valence-electron chi connectivity index (χ0n) is 15.6. The summed E-state index contributed by atoms with van der Waals surface area (Å²) in [5.41, 5.74) is 2.95. The number of fused-ring (bicyclic) bond motifs is 1. The Morgan fingerprint density at radius 2 is 1.69 bits per heavy atom. The third-order valence-electron chi connectivity index (χ3n) is 4.54. The van der Waals surface area contributed by atoms with Crippen LogP contribution in [0.5, 0.6) is 0 Å². The highest BCUT2D eigenvalue weighted by Gasteiger charge is 2.15. The summed E-state index contributed by atoms with van der Waals surface area (Å²) in [4.78, 5) is 30.5. The number of rotatable bonds is 5. The number of thioether (sulfide) groups is 1. The lowest BCUT2D eigenvalue weighted by molar-refractivity contribution is 0.102. The maximum absolute atomic E-state index is 13.2. The van der Waals surface area contributed by atoms with Crippen molar-refractivity contribution >= 4 is 44.4 Å². The summed E-state index contributed by atoms with van der Waals surface area (Å²) in [6.07, 6.45) is 0. The molecule has 1 heterocycles. The monoisotopic (exact) mass is 464 g/mol.